The van der Waals surface area contributed by atoms with E-state index in [1.807, 2.05) is 6.07 Å². The van der Waals surface area contributed by atoms with E-state index in [4.69, 9.17) is 23.2 Å². The zero-order valence-electron chi connectivity index (χ0n) is 12.6. The second kappa shape index (κ2) is 6.06. The van der Waals surface area contributed by atoms with Crippen molar-refractivity contribution in [2.75, 3.05) is 18.0 Å². The number of halogens is 2. The fourth-order valence-electron chi connectivity index (χ4n) is 3.12. The van der Waals surface area contributed by atoms with Gasteiger partial charge in [-0.2, -0.15) is 0 Å². The maximum Gasteiger partial charge on any atom is 0.138 e. The first-order chi connectivity index (χ1) is 11.2. The Morgan fingerprint density at radius 1 is 0.913 bits per heavy atom. The lowest BCUT2D eigenvalue weighted by Crippen LogP contribution is -2.29. The third-order valence-corrected chi connectivity index (χ3v) is 5.11. The van der Waals surface area contributed by atoms with Crippen LogP contribution in [0.2, 0.25) is 10.0 Å². The Bertz CT molecular complexity index is 794. The number of benzene rings is 2. The van der Waals surface area contributed by atoms with Gasteiger partial charge < -0.3 is 9.88 Å². The Balaban J connectivity index is 1.65. The Hall–Kier alpha value is -1.71. The average Bonchev–Trinajstić information content (AvgIpc) is 2.99. The summed E-state index contributed by atoms with van der Waals surface area (Å²) >= 11 is 12.1. The largest absolute Gasteiger partial charge is 0.372 e. The van der Waals surface area contributed by atoms with Gasteiger partial charge in [-0.15, -0.1) is 0 Å². The highest BCUT2D eigenvalue weighted by atomic mass is 35.5. The maximum absolute atomic E-state index is 6.06. The lowest BCUT2D eigenvalue weighted by Gasteiger charge is -2.28. The smallest absolute Gasteiger partial charge is 0.138 e. The van der Waals surface area contributed by atoms with E-state index in [1.165, 1.54) is 24.9 Å². The molecule has 0 aliphatic carbocycles. The first kappa shape index (κ1) is 14.9. The summed E-state index contributed by atoms with van der Waals surface area (Å²) in [5.41, 5.74) is 4.08. The second-order valence-electron chi connectivity index (χ2n) is 5.96. The molecule has 4 rings (SSSR count). The van der Waals surface area contributed by atoms with Crippen molar-refractivity contribution in [2.24, 2.45) is 0 Å². The molecule has 1 aliphatic heterocycles. The van der Waals surface area contributed by atoms with Gasteiger partial charge in [0.25, 0.3) is 0 Å². The summed E-state index contributed by atoms with van der Waals surface area (Å²) in [5.74, 6) is 0.837. The molecule has 2 aromatic carbocycles. The van der Waals surface area contributed by atoms with Gasteiger partial charge in [0.15, 0.2) is 0 Å². The number of imidazole rings is 1. The van der Waals surface area contributed by atoms with E-state index in [9.17, 15) is 0 Å². The SMILES string of the molecule is Clc1cc2nc(-c3ccc(N4CCCCC4)cc3)[nH]c2cc1Cl. The van der Waals surface area contributed by atoms with Gasteiger partial charge in [-0.3, -0.25) is 0 Å². The van der Waals surface area contributed by atoms with Gasteiger partial charge in [0.1, 0.15) is 5.82 Å². The zero-order chi connectivity index (χ0) is 15.8. The van der Waals surface area contributed by atoms with Crippen LogP contribution in [-0.2, 0) is 0 Å². The van der Waals surface area contributed by atoms with Gasteiger partial charge >= 0.3 is 0 Å². The summed E-state index contributed by atoms with van der Waals surface area (Å²) in [4.78, 5) is 10.4. The van der Waals surface area contributed by atoms with Crippen molar-refractivity contribution in [3.05, 3.63) is 46.4 Å². The molecule has 23 heavy (non-hydrogen) atoms. The number of anilines is 1. The molecule has 1 saturated heterocycles. The van der Waals surface area contributed by atoms with Crippen molar-refractivity contribution in [3.8, 4) is 11.4 Å². The zero-order valence-corrected chi connectivity index (χ0v) is 14.2. The van der Waals surface area contributed by atoms with Crippen molar-refractivity contribution in [2.45, 2.75) is 19.3 Å². The first-order valence-electron chi connectivity index (χ1n) is 7.91. The van der Waals surface area contributed by atoms with E-state index in [-0.39, 0.29) is 0 Å². The molecular formula is C18H17Cl2N3. The van der Waals surface area contributed by atoms with Crippen LogP contribution >= 0.6 is 23.2 Å². The monoisotopic (exact) mass is 345 g/mol. The molecule has 1 aromatic heterocycles. The number of H-pyrrole nitrogens is 1. The molecule has 0 radical (unpaired) electrons. The molecular weight excluding hydrogens is 329 g/mol. The van der Waals surface area contributed by atoms with E-state index in [0.29, 0.717) is 10.0 Å². The van der Waals surface area contributed by atoms with Crippen LogP contribution in [0, 0.1) is 0 Å². The minimum atomic E-state index is 0.526. The fraction of sp³-hybridized carbons (Fsp3) is 0.278. The number of nitrogens with one attached hydrogen (secondary N) is 1. The molecule has 0 atom stereocenters. The highest BCUT2D eigenvalue weighted by Gasteiger charge is 2.12. The van der Waals surface area contributed by atoms with Crippen LogP contribution in [0.15, 0.2) is 36.4 Å². The standard InChI is InChI=1S/C18H17Cl2N3/c19-14-10-16-17(11-15(14)20)22-18(21-16)12-4-6-13(7-5-12)23-8-2-1-3-9-23/h4-7,10-11H,1-3,8-9H2,(H,21,22). The highest BCUT2D eigenvalue weighted by Crippen LogP contribution is 2.29. The van der Waals surface area contributed by atoms with Gasteiger partial charge in [0, 0.05) is 24.3 Å². The van der Waals surface area contributed by atoms with Gasteiger partial charge in [-0.05, 0) is 55.7 Å². The molecule has 2 heterocycles. The van der Waals surface area contributed by atoms with Crippen LogP contribution in [0.3, 0.4) is 0 Å². The van der Waals surface area contributed by atoms with Crippen LogP contribution in [0.25, 0.3) is 22.4 Å². The van der Waals surface area contributed by atoms with Gasteiger partial charge in [-0.25, -0.2) is 4.98 Å². The molecule has 0 spiro atoms. The summed E-state index contributed by atoms with van der Waals surface area (Å²) in [6.45, 7) is 2.31. The lowest BCUT2D eigenvalue weighted by molar-refractivity contribution is 0.578. The Morgan fingerprint density at radius 2 is 1.61 bits per heavy atom. The number of hydrogen-bond donors (Lipinski definition) is 1. The van der Waals surface area contributed by atoms with Crippen LogP contribution in [0.5, 0.6) is 0 Å². The quantitative estimate of drug-likeness (QED) is 0.662. The molecule has 0 unspecified atom stereocenters. The molecule has 5 heteroatoms. The van der Waals surface area contributed by atoms with E-state index in [2.05, 4.69) is 39.1 Å². The van der Waals surface area contributed by atoms with Crippen molar-refractivity contribution >= 4 is 39.9 Å². The lowest BCUT2D eigenvalue weighted by atomic mass is 10.1. The van der Waals surface area contributed by atoms with E-state index >= 15 is 0 Å². The first-order valence-corrected chi connectivity index (χ1v) is 8.66. The predicted molar refractivity (Wildman–Crippen MR) is 97.6 cm³/mol. The maximum atomic E-state index is 6.06. The number of nitrogens with zero attached hydrogens (tertiary/aromatic N) is 2. The number of piperidine rings is 1. The molecule has 0 bridgehead atoms. The number of fused-ring (bicyclic) bond motifs is 1. The number of rotatable bonds is 2. The minimum Gasteiger partial charge on any atom is -0.372 e. The molecule has 3 nitrogen and oxygen atoms in total. The Morgan fingerprint density at radius 3 is 2.35 bits per heavy atom. The second-order valence-corrected chi connectivity index (χ2v) is 6.78. The van der Waals surface area contributed by atoms with E-state index in [1.54, 1.807) is 6.07 Å². The fourth-order valence-corrected chi connectivity index (χ4v) is 3.45. The number of hydrogen-bond acceptors (Lipinski definition) is 2. The van der Waals surface area contributed by atoms with Crippen LogP contribution in [-0.4, -0.2) is 23.1 Å². The van der Waals surface area contributed by atoms with E-state index in [0.717, 1.165) is 35.5 Å². The topological polar surface area (TPSA) is 31.9 Å². The van der Waals surface area contributed by atoms with Crippen molar-refractivity contribution in [3.63, 3.8) is 0 Å². The van der Waals surface area contributed by atoms with Crippen molar-refractivity contribution < 1.29 is 0 Å². The predicted octanol–water partition coefficient (Wildman–Crippen LogP) is 5.53. The van der Waals surface area contributed by atoms with E-state index < -0.39 is 0 Å². The van der Waals surface area contributed by atoms with Crippen LogP contribution in [0.1, 0.15) is 19.3 Å². The summed E-state index contributed by atoms with van der Waals surface area (Å²) in [6.07, 6.45) is 3.92. The normalized spacial score (nSPS) is 15.3. The average molecular weight is 346 g/mol. The van der Waals surface area contributed by atoms with Crippen LogP contribution < -0.4 is 4.90 Å². The molecule has 1 N–H and O–H groups in total. The van der Waals surface area contributed by atoms with Gasteiger partial charge in [-0.1, -0.05) is 23.2 Å². The Labute approximate surface area is 145 Å². The highest BCUT2D eigenvalue weighted by molar-refractivity contribution is 6.42. The van der Waals surface area contributed by atoms with Crippen LogP contribution in [0.4, 0.5) is 5.69 Å². The number of aromatic amines is 1. The summed E-state index contributed by atoms with van der Waals surface area (Å²) in [5, 5.41) is 1.06. The molecule has 118 valence electrons. The molecule has 3 aromatic rings. The molecule has 1 fully saturated rings. The minimum absolute atomic E-state index is 0.526. The van der Waals surface area contributed by atoms with Crippen molar-refractivity contribution in [1.82, 2.24) is 9.97 Å². The molecule has 0 saturated carbocycles. The third kappa shape index (κ3) is 2.91. The Kier molecular flexibility index (Phi) is 3.92. The van der Waals surface area contributed by atoms with Gasteiger partial charge in [0.2, 0.25) is 0 Å². The van der Waals surface area contributed by atoms with Crippen molar-refractivity contribution in [1.29, 1.82) is 0 Å². The molecule has 1 aliphatic rings. The summed E-state index contributed by atoms with van der Waals surface area (Å²) in [7, 11) is 0. The van der Waals surface area contributed by atoms with Gasteiger partial charge in [0.05, 0.1) is 21.1 Å². The summed E-state index contributed by atoms with van der Waals surface area (Å²) in [6, 6.07) is 12.2. The summed E-state index contributed by atoms with van der Waals surface area (Å²) < 4.78 is 0. The molecule has 0 amide bonds. The number of aromatic nitrogens is 2. The third-order valence-electron chi connectivity index (χ3n) is 4.39.